The monoisotopic (exact) mass is 393 g/mol. The topological polar surface area (TPSA) is 48.1 Å². The number of likely N-dealkylation sites (tertiary alicyclic amines) is 1. The molecule has 0 aliphatic carbocycles. The molecule has 0 aromatic rings. The van der Waals surface area contributed by atoms with Crippen LogP contribution in [0.2, 0.25) is 0 Å². The zero-order valence-corrected chi connectivity index (χ0v) is 14.7. The van der Waals surface area contributed by atoms with E-state index in [0.717, 1.165) is 25.6 Å². The van der Waals surface area contributed by atoms with E-state index in [0.29, 0.717) is 6.04 Å². The molecule has 4 aliphatic heterocycles. The highest BCUT2D eigenvalue weighted by Gasteiger charge is 2.31. The zero-order chi connectivity index (χ0) is 13.1. The van der Waals surface area contributed by atoms with Gasteiger partial charge in [-0.15, -0.1) is 24.0 Å². The molecule has 4 fully saturated rings. The minimum atomic E-state index is 0. The van der Waals surface area contributed by atoms with Crippen LogP contribution in [0.3, 0.4) is 0 Å². The summed E-state index contributed by atoms with van der Waals surface area (Å²) in [5.41, 5.74) is 6.18. The highest BCUT2D eigenvalue weighted by Crippen LogP contribution is 2.16. The largest absolute Gasteiger partial charge is 0.370 e. The fraction of sp³-hybridized carbons (Fsp3) is 0.929. The highest BCUT2D eigenvalue weighted by molar-refractivity contribution is 14.0. The second-order valence-electron chi connectivity index (χ2n) is 6.09. The maximum atomic E-state index is 6.18. The molecule has 2 N–H and O–H groups in total. The van der Waals surface area contributed by atoms with Crippen LogP contribution in [0, 0.1) is 0 Å². The molecular formula is C14H28IN5. The van der Waals surface area contributed by atoms with Gasteiger partial charge in [-0.3, -0.25) is 14.8 Å². The van der Waals surface area contributed by atoms with Gasteiger partial charge in [0.05, 0.1) is 6.54 Å². The van der Waals surface area contributed by atoms with Gasteiger partial charge in [0.25, 0.3) is 0 Å². The van der Waals surface area contributed by atoms with Gasteiger partial charge in [0.15, 0.2) is 5.96 Å². The molecule has 0 amide bonds. The van der Waals surface area contributed by atoms with Crippen LogP contribution in [0.25, 0.3) is 0 Å². The highest BCUT2D eigenvalue weighted by atomic mass is 127. The minimum absolute atomic E-state index is 0. The van der Waals surface area contributed by atoms with Crippen LogP contribution in [0.1, 0.15) is 25.7 Å². The van der Waals surface area contributed by atoms with E-state index >= 15 is 0 Å². The second kappa shape index (κ2) is 7.79. The Balaban J connectivity index is 0.00000147. The Hall–Kier alpha value is -0.0800. The van der Waals surface area contributed by atoms with Crippen molar-refractivity contribution in [3.63, 3.8) is 0 Å². The molecule has 4 aliphatic rings. The third kappa shape index (κ3) is 3.98. The van der Waals surface area contributed by atoms with E-state index < -0.39 is 0 Å². The summed E-state index contributed by atoms with van der Waals surface area (Å²) in [6.45, 7) is 9.14. The molecule has 5 nitrogen and oxygen atoms in total. The summed E-state index contributed by atoms with van der Waals surface area (Å²) < 4.78 is 0. The number of hydrogen-bond donors (Lipinski definition) is 1. The van der Waals surface area contributed by atoms with Crippen LogP contribution in [-0.2, 0) is 0 Å². The fourth-order valence-electron chi connectivity index (χ4n) is 3.50. The maximum absolute atomic E-state index is 6.18. The van der Waals surface area contributed by atoms with Crippen molar-refractivity contribution < 1.29 is 0 Å². The van der Waals surface area contributed by atoms with Crippen LogP contribution >= 0.6 is 24.0 Å². The maximum Gasteiger partial charge on any atom is 0.191 e. The molecule has 20 heavy (non-hydrogen) atoms. The van der Waals surface area contributed by atoms with Crippen molar-refractivity contribution in [3.8, 4) is 0 Å². The van der Waals surface area contributed by atoms with Crippen LogP contribution in [-0.4, -0.2) is 79.1 Å². The lowest BCUT2D eigenvalue weighted by molar-refractivity contribution is 0.0173. The van der Waals surface area contributed by atoms with Crippen LogP contribution < -0.4 is 5.73 Å². The van der Waals surface area contributed by atoms with Gasteiger partial charge in [0.2, 0.25) is 0 Å². The molecule has 1 atom stereocenters. The summed E-state index contributed by atoms with van der Waals surface area (Å²) in [6, 6.07) is 0.591. The Morgan fingerprint density at radius 1 is 0.950 bits per heavy atom. The van der Waals surface area contributed by atoms with Crippen molar-refractivity contribution >= 4 is 29.9 Å². The Labute approximate surface area is 139 Å². The first-order chi connectivity index (χ1) is 9.33. The molecule has 0 aromatic heterocycles. The summed E-state index contributed by atoms with van der Waals surface area (Å²) in [4.78, 5) is 12.1. The van der Waals surface area contributed by atoms with Gasteiger partial charge in [0.1, 0.15) is 0 Å². The van der Waals surface area contributed by atoms with Crippen molar-refractivity contribution in [2.75, 3.05) is 52.4 Å². The zero-order valence-electron chi connectivity index (χ0n) is 12.3. The van der Waals surface area contributed by atoms with Gasteiger partial charge in [-0.25, -0.2) is 0 Å². The van der Waals surface area contributed by atoms with Crippen LogP contribution in [0.4, 0.5) is 0 Å². The van der Waals surface area contributed by atoms with Crippen molar-refractivity contribution in [1.82, 2.24) is 14.7 Å². The first kappa shape index (κ1) is 16.3. The smallest absolute Gasteiger partial charge is 0.191 e. The van der Waals surface area contributed by atoms with Gasteiger partial charge in [0, 0.05) is 51.9 Å². The van der Waals surface area contributed by atoms with Crippen molar-refractivity contribution in [1.29, 1.82) is 0 Å². The predicted molar refractivity (Wildman–Crippen MR) is 93.7 cm³/mol. The van der Waals surface area contributed by atoms with Crippen molar-refractivity contribution in [2.45, 2.75) is 31.7 Å². The lowest BCUT2D eigenvalue weighted by Gasteiger charge is -2.47. The summed E-state index contributed by atoms with van der Waals surface area (Å²) in [6.07, 6.45) is 5.21. The van der Waals surface area contributed by atoms with E-state index in [1.807, 2.05) is 0 Å². The molecule has 0 spiro atoms. The SMILES string of the molecule is I.NC(=NCC1CN2CCN1CC2)N1CCCCCC1. The van der Waals surface area contributed by atoms with Gasteiger partial charge >= 0.3 is 0 Å². The molecule has 0 aromatic carbocycles. The fourth-order valence-corrected chi connectivity index (χ4v) is 3.50. The lowest BCUT2D eigenvalue weighted by Crippen LogP contribution is -2.62. The number of fused-ring (bicyclic) bond motifs is 3. The third-order valence-corrected chi connectivity index (χ3v) is 4.79. The Bertz CT molecular complexity index is 320. The standard InChI is InChI=1S/C14H27N5.HI/c15-14(19-5-3-1-2-4-6-19)16-11-13-12-17-7-9-18(13)10-8-17;/h13H,1-12H2,(H2,15,16);1H. The first-order valence-electron chi connectivity index (χ1n) is 7.84. The molecule has 6 heteroatoms. The average Bonchev–Trinajstić information content (AvgIpc) is 2.75. The lowest BCUT2D eigenvalue weighted by atomic mass is 10.1. The van der Waals surface area contributed by atoms with Gasteiger partial charge in [-0.1, -0.05) is 12.8 Å². The van der Waals surface area contributed by atoms with Gasteiger partial charge < -0.3 is 10.6 Å². The van der Waals surface area contributed by atoms with E-state index in [2.05, 4.69) is 19.7 Å². The number of piperazine rings is 3. The Morgan fingerprint density at radius 2 is 1.60 bits per heavy atom. The summed E-state index contributed by atoms with van der Waals surface area (Å²) in [7, 11) is 0. The first-order valence-corrected chi connectivity index (χ1v) is 7.84. The van der Waals surface area contributed by atoms with E-state index in [-0.39, 0.29) is 24.0 Å². The molecular weight excluding hydrogens is 365 g/mol. The quantitative estimate of drug-likeness (QED) is 0.428. The normalized spacial score (nSPS) is 34.5. The molecule has 4 heterocycles. The average molecular weight is 393 g/mol. The summed E-state index contributed by atoms with van der Waals surface area (Å²) >= 11 is 0. The van der Waals surface area contributed by atoms with Crippen LogP contribution in [0.5, 0.6) is 0 Å². The summed E-state index contributed by atoms with van der Waals surface area (Å²) in [5.74, 6) is 0.777. The molecule has 0 saturated carbocycles. The number of rotatable bonds is 2. The number of guanidine groups is 1. The van der Waals surface area contributed by atoms with Gasteiger partial charge in [-0.2, -0.15) is 0 Å². The Kier molecular flexibility index (Phi) is 6.35. The summed E-state index contributed by atoms with van der Waals surface area (Å²) in [5, 5.41) is 0. The van der Waals surface area contributed by atoms with E-state index in [1.165, 1.54) is 58.4 Å². The molecule has 116 valence electrons. The number of hydrogen-bond acceptors (Lipinski definition) is 3. The van der Waals surface area contributed by atoms with Crippen molar-refractivity contribution in [2.24, 2.45) is 10.7 Å². The number of nitrogens with two attached hydrogens (primary N) is 1. The number of halogens is 1. The number of aliphatic imine (C=N–C) groups is 1. The van der Waals surface area contributed by atoms with E-state index in [1.54, 1.807) is 0 Å². The second-order valence-corrected chi connectivity index (χ2v) is 6.09. The predicted octanol–water partition coefficient (Wildman–Crippen LogP) is 0.795. The molecule has 1 unspecified atom stereocenters. The Morgan fingerprint density at radius 3 is 2.15 bits per heavy atom. The van der Waals surface area contributed by atoms with Crippen molar-refractivity contribution in [3.05, 3.63) is 0 Å². The number of nitrogens with zero attached hydrogens (tertiary/aromatic N) is 4. The third-order valence-electron chi connectivity index (χ3n) is 4.79. The molecule has 4 saturated heterocycles. The van der Waals surface area contributed by atoms with E-state index in [4.69, 9.17) is 5.73 Å². The van der Waals surface area contributed by atoms with E-state index in [9.17, 15) is 0 Å². The molecule has 4 rings (SSSR count). The van der Waals surface area contributed by atoms with Gasteiger partial charge in [-0.05, 0) is 12.8 Å². The molecule has 2 bridgehead atoms. The molecule has 0 radical (unpaired) electrons. The minimum Gasteiger partial charge on any atom is -0.370 e. The van der Waals surface area contributed by atoms with Crippen LogP contribution in [0.15, 0.2) is 4.99 Å².